The molecule has 68 valence electrons. The normalized spacial score (nSPS) is 13.4. The molecule has 0 bridgehead atoms. The topological polar surface area (TPSA) is 44.5 Å². The Kier molecular flexibility index (Phi) is 7.89. The van der Waals surface area contributed by atoms with E-state index in [0.717, 1.165) is 13.0 Å². The molecular formula is C8H19NO2. The number of hydrogen-bond donors (Lipinski definition) is 1. The van der Waals surface area contributed by atoms with Gasteiger partial charge in [0.2, 0.25) is 0 Å². The summed E-state index contributed by atoms with van der Waals surface area (Å²) in [6, 6.07) is 0. The van der Waals surface area contributed by atoms with Crippen LogP contribution in [-0.4, -0.2) is 20.3 Å². The monoisotopic (exact) mass is 161 g/mol. The Morgan fingerprint density at radius 3 is 2.55 bits per heavy atom. The molecule has 0 amide bonds. The van der Waals surface area contributed by atoms with Gasteiger partial charge in [0.1, 0.15) is 0 Å². The van der Waals surface area contributed by atoms with Crippen LogP contribution >= 0.6 is 0 Å². The summed E-state index contributed by atoms with van der Waals surface area (Å²) < 4.78 is 0. The van der Waals surface area contributed by atoms with Gasteiger partial charge in [0.05, 0.1) is 13.7 Å². The van der Waals surface area contributed by atoms with Gasteiger partial charge in [0.25, 0.3) is 0 Å². The van der Waals surface area contributed by atoms with Crippen molar-refractivity contribution < 1.29 is 9.78 Å². The lowest BCUT2D eigenvalue weighted by Gasteiger charge is -2.11. The van der Waals surface area contributed by atoms with E-state index in [9.17, 15) is 0 Å². The first-order valence-electron chi connectivity index (χ1n) is 4.20. The fourth-order valence-electron chi connectivity index (χ4n) is 1.09. The summed E-state index contributed by atoms with van der Waals surface area (Å²) >= 11 is 0. The molecule has 0 fully saturated rings. The fourth-order valence-corrected chi connectivity index (χ4v) is 1.09. The Balaban J connectivity index is 3.20. The van der Waals surface area contributed by atoms with Crippen LogP contribution in [0.5, 0.6) is 0 Å². The van der Waals surface area contributed by atoms with E-state index < -0.39 is 0 Å². The molecule has 0 aromatic heterocycles. The molecule has 0 aliphatic rings. The van der Waals surface area contributed by atoms with E-state index in [1.807, 2.05) is 0 Å². The number of hydrogen-bond acceptors (Lipinski definition) is 3. The fraction of sp³-hybridized carbons (Fsp3) is 1.00. The third-order valence-electron chi connectivity index (χ3n) is 1.76. The Morgan fingerprint density at radius 1 is 1.36 bits per heavy atom. The molecule has 3 heteroatoms. The van der Waals surface area contributed by atoms with Gasteiger partial charge in [-0.3, -0.25) is 0 Å². The second-order valence-corrected chi connectivity index (χ2v) is 2.67. The van der Waals surface area contributed by atoms with Crippen molar-refractivity contribution >= 4 is 0 Å². The molecule has 2 N–H and O–H groups in total. The molecule has 0 aromatic rings. The van der Waals surface area contributed by atoms with Gasteiger partial charge >= 0.3 is 0 Å². The van der Waals surface area contributed by atoms with Crippen LogP contribution in [0.1, 0.15) is 26.2 Å². The van der Waals surface area contributed by atoms with Crippen LogP contribution < -0.4 is 5.73 Å². The zero-order valence-electron chi connectivity index (χ0n) is 7.51. The van der Waals surface area contributed by atoms with Crippen molar-refractivity contribution in [2.75, 3.05) is 20.3 Å². The second kappa shape index (κ2) is 7.98. The summed E-state index contributed by atoms with van der Waals surface area (Å²) in [6.45, 7) is 3.57. The van der Waals surface area contributed by atoms with Gasteiger partial charge in [0.15, 0.2) is 0 Å². The third-order valence-corrected chi connectivity index (χ3v) is 1.76. The lowest BCUT2D eigenvalue weighted by Crippen LogP contribution is -2.16. The average molecular weight is 161 g/mol. The van der Waals surface area contributed by atoms with Crippen molar-refractivity contribution in [1.29, 1.82) is 0 Å². The van der Waals surface area contributed by atoms with Crippen LogP contribution in [0.4, 0.5) is 0 Å². The minimum Gasteiger partial charge on any atom is -0.330 e. The molecule has 0 saturated heterocycles. The summed E-state index contributed by atoms with van der Waals surface area (Å²) in [7, 11) is 1.53. The van der Waals surface area contributed by atoms with Crippen LogP contribution in [0, 0.1) is 5.92 Å². The van der Waals surface area contributed by atoms with E-state index >= 15 is 0 Å². The van der Waals surface area contributed by atoms with Crippen molar-refractivity contribution in [3.63, 3.8) is 0 Å². The second-order valence-electron chi connectivity index (χ2n) is 2.67. The molecule has 0 radical (unpaired) electrons. The van der Waals surface area contributed by atoms with Gasteiger partial charge in [0, 0.05) is 0 Å². The van der Waals surface area contributed by atoms with Crippen LogP contribution in [0.3, 0.4) is 0 Å². The molecule has 3 nitrogen and oxygen atoms in total. The van der Waals surface area contributed by atoms with E-state index in [1.54, 1.807) is 0 Å². The molecule has 1 atom stereocenters. The standard InChI is InChI=1S/C8H19NO2/c1-3-4-8(7-9)5-6-11-10-2/h8H,3-7,9H2,1-2H3. The van der Waals surface area contributed by atoms with Crippen LogP contribution in [0.25, 0.3) is 0 Å². The van der Waals surface area contributed by atoms with E-state index in [0.29, 0.717) is 12.5 Å². The van der Waals surface area contributed by atoms with Crippen molar-refractivity contribution in [1.82, 2.24) is 0 Å². The minimum atomic E-state index is 0.593. The number of nitrogens with two attached hydrogens (primary N) is 1. The first-order valence-corrected chi connectivity index (χ1v) is 4.20. The highest BCUT2D eigenvalue weighted by Gasteiger charge is 2.04. The molecule has 0 aliphatic heterocycles. The zero-order valence-corrected chi connectivity index (χ0v) is 7.51. The Bertz CT molecular complexity index is 78.5. The first kappa shape index (κ1) is 10.9. The Morgan fingerprint density at radius 2 is 2.09 bits per heavy atom. The van der Waals surface area contributed by atoms with Crippen LogP contribution in [-0.2, 0) is 9.78 Å². The van der Waals surface area contributed by atoms with Gasteiger partial charge < -0.3 is 5.73 Å². The van der Waals surface area contributed by atoms with Crippen LogP contribution in [0.15, 0.2) is 0 Å². The van der Waals surface area contributed by atoms with Crippen LogP contribution in [0.2, 0.25) is 0 Å². The zero-order chi connectivity index (χ0) is 8.53. The molecular weight excluding hydrogens is 142 g/mol. The van der Waals surface area contributed by atoms with E-state index in [2.05, 4.69) is 11.8 Å². The highest BCUT2D eigenvalue weighted by Crippen LogP contribution is 2.08. The lowest BCUT2D eigenvalue weighted by atomic mass is 10.0. The first-order chi connectivity index (χ1) is 5.35. The highest BCUT2D eigenvalue weighted by atomic mass is 17.2. The minimum absolute atomic E-state index is 0.593. The third kappa shape index (κ3) is 6.28. The lowest BCUT2D eigenvalue weighted by molar-refractivity contribution is -0.274. The smallest absolute Gasteiger partial charge is 0.0825 e. The van der Waals surface area contributed by atoms with Gasteiger partial charge in [-0.1, -0.05) is 13.3 Å². The molecule has 0 saturated carbocycles. The van der Waals surface area contributed by atoms with Crippen molar-refractivity contribution in [3.8, 4) is 0 Å². The van der Waals surface area contributed by atoms with E-state index in [1.165, 1.54) is 20.0 Å². The van der Waals surface area contributed by atoms with Crippen molar-refractivity contribution in [2.45, 2.75) is 26.2 Å². The van der Waals surface area contributed by atoms with Gasteiger partial charge in [-0.25, -0.2) is 9.78 Å². The Hall–Kier alpha value is -0.120. The number of rotatable bonds is 7. The maximum Gasteiger partial charge on any atom is 0.0825 e. The molecule has 0 aliphatic carbocycles. The molecule has 1 unspecified atom stereocenters. The molecule has 11 heavy (non-hydrogen) atoms. The predicted molar refractivity (Wildman–Crippen MR) is 45.0 cm³/mol. The summed E-state index contributed by atoms with van der Waals surface area (Å²) in [6.07, 6.45) is 3.37. The molecule has 0 rings (SSSR count). The van der Waals surface area contributed by atoms with Gasteiger partial charge in [-0.2, -0.15) is 0 Å². The van der Waals surface area contributed by atoms with Gasteiger partial charge in [-0.05, 0) is 25.3 Å². The van der Waals surface area contributed by atoms with Crippen molar-refractivity contribution in [2.24, 2.45) is 11.7 Å². The summed E-state index contributed by atoms with van der Waals surface area (Å²) in [5.74, 6) is 0.593. The molecule has 0 heterocycles. The average Bonchev–Trinajstić information content (AvgIpc) is 2.03. The van der Waals surface area contributed by atoms with Gasteiger partial charge in [-0.15, -0.1) is 0 Å². The summed E-state index contributed by atoms with van der Waals surface area (Å²) in [5.41, 5.74) is 5.54. The SMILES string of the molecule is CCCC(CN)CCOOC. The Labute approximate surface area is 68.8 Å². The molecule has 0 aromatic carbocycles. The summed E-state index contributed by atoms with van der Waals surface area (Å²) in [4.78, 5) is 9.23. The predicted octanol–water partition coefficient (Wildman–Crippen LogP) is 1.33. The maximum absolute atomic E-state index is 5.54. The summed E-state index contributed by atoms with van der Waals surface area (Å²) in [5, 5.41) is 0. The van der Waals surface area contributed by atoms with E-state index in [4.69, 9.17) is 10.6 Å². The van der Waals surface area contributed by atoms with E-state index in [-0.39, 0.29) is 0 Å². The quantitative estimate of drug-likeness (QED) is 0.348. The largest absolute Gasteiger partial charge is 0.330 e. The maximum atomic E-state index is 5.54. The highest BCUT2D eigenvalue weighted by molar-refractivity contribution is 4.57. The van der Waals surface area contributed by atoms with Crippen molar-refractivity contribution in [3.05, 3.63) is 0 Å². The molecule has 0 spiro atoms.